The minimum atomic E-state index is -3.51. The van der Waals surface area contributed by atoms with Crippen LogP contribution in [-0.2, 0) is 16.4 Å². The lowest BCUT2D eigenvalue weighted by Gasteiger charge is -2.16. The highest BCUT2D eigenvalue weighted by atomic mass is 32.2. The van der Waals surface area contributed by atoms with Crippen LogP contribution < -0.4 is 0 Å². The van der Waals surface area contributed by atoms with E-state index in [4.69, 9.17) is 0 Å². The molecule has 1 aliphatic heterocycles. The van der Waals surface area contributed by atoms with Gasteiger partial charge in [-0.05, 0) is 49.1 Å². The fourth-order valence-corrected chi connectivity index (χ4v) is 4.44. The number of sulfonamides is 1. The maximum Gasteiger partial charge on any atom is 0.243 e. The summed E-state index contributed by atoms with van der Waals surface area (Å²) in [5, 5.41) is 0. The molecule has 0 N–H and O–H groups in total. The highest BCUT2D eigenvalue weighted by molar-refractivity contribution is 7.89. The molecule has 2 aromatic carbocycles. The second-order valence-electron chi connectivity index (χ2n) is 6.30. The molecule has 2 aromatic rings. The van der Waals surface area contributed by atoms with E-state index in [0.29, 0.717) is 24.4 Å². The van der Waals surface area contributed by atoms with E-state index in [1.54, 1.807) is 36.4 Å². The van der Waals surface area contributed by atoms with Gasteiger partial charge in [0.2, 0.25) is 10.0 Å². The van der Waals surface area contributed by atoms with Crippen molar-refractivity contribution in [2.75, 3.05) is 13.1 Å². The summed E-state index contributed by atoms with van der Waals surface area (Å²) in [6.07, 6.45) is 0.666. The van der Waals surface area contributed by atoms with Crippen LogP contribution in [0, 0.1) is 18.7 Å². The van der Waals surface area contributed by atoms with Gasteiger partial charge in [0, 0.05) is 13.1 Å². The van der Waals surface area contributed by atoms with Crippen LogP contribution in [0.15, 0.2) is 65.6 Å². The molecule has 0 aliphatic carbocycles. The van der Waals surface area contributed by atoms with Crippen LogP contribution in [-0.4, -0.2) is 25.8 Å². The van der Waals surface area contributed by atoms with E-state index in [9.17, 15) is 12.8 Å². The van der Waals surface area contributed by atoms with Crippen molar-refractivity contribution in [3.05, 3.63) is 77.6 Å². The summed E-state index contributed by atoms with van der Waals surface area (Å²) in [5.41, 5.74) is 2.90. The number of hydrogen-bond acceptors (Lipinski definition) is 2. The minimum absolute atomic E-state index is 0.0516. The minimum Gasteiger partial charge on any atom is -0.207 e. The van der Waals surface area contributed by atoms with Crippen LogP contribution in [0.5, 0.6) is 0 Å². The molecule has 1 fully saturated rings. The summed E-state index contributed by atoms with van der Waals surface area (Å²) in [7, 11) is -3.51. The molecule has 3 rings (SSSR count). The van der Waals surface area contributed by atoms with Gasteiger partial charge in [-0.3, -0.25) is 0 Å². The molecule has 0 bridgehead atoms. The van der Waals surface area contributed by atoms with E-state index < -0.39 is 10.0 Å². The normalized spacial score (nSPS) is 18.9. The number of benzene rings is 2. The number of halogens is 1. The van der Waals surface area contributed by atoms with Gasteiger partial charge in [-0.25, -0.2) is 12.8 Å². The first-order valence-corrected chi connectivity index (χ1v) is 9.29. The van der Waals surface area contributed by atoms with E-state index in [0.717, 1.165) is 16.7 Å². The van der Waals surface area contributed by atoms with Crippen molar-refractivity contribution in [2.24, 2.45) is 5.92 Å². The number of hydrogen-bond donors (Lipinski definition) is 0. The Kier molecular flexibility index (Phi) is 4.56. The quantitative estimate of drug-likeness (QED) is 0.795. The van der Waals surface area contributed by atoms with Crippen molar-refractivity contribution in [2.45, 2.75) is 18.2 Å². The topological polar surface area (TPSA) is 37.4 Å². The summed E-state index contributed by atoms with van der Waals surface area (Å²) >= 11 is 0. The van der Waals surface area contributed by atoms with E-state index in [1.807, 2.05) is 6.92 Å². The SMILES string of the molecule is C=C1CN(S(=O)(=O)c2ccc(C)cc2)CC1Cc1ccc(F)cc1. The third-order valence-electron chi connectivity index (χ3n) is 4.43. The van der Waals surface area contributed by atoms with Crippen molar-refractivity contribution in [3.63, 3.8) is 0 Å². The van der Waals surface area contributed by atoms with Gasteiger partial charge in [0.25, 0.3) is 0 Å². The Hall–Kier alpha value is -1.98. The van der Waals surface area contributed by atoms with Gasteiger partial charge in [0.05, 0.1) is 4.90 Å². The molecule has 0 saturated carbocycles. The third kappa shape index (κ3) is 3.42. The lowest BCUT2D eigenvalue weighted by Crippen LogP contribution is -2.29. The zero-order valence-corrected chi connectivity index (χ0v) is 14.4. The molecule has 24 heavy (non-hydrogen) atoms. The first-order chi connectivity index (χ1) is 11.4. The molecule has 1 unspecified atom stereocenters. The molecule has 0 radical (unpaired) electrons. The zero-order chi connectivity index (χ0) is 17.3. The lowest BCUT2D eigenvalue weighted by molar-refractivity contribution is 0.456. The Labute approximate surface area is 142 Å². The summed E-state index contributed by atoms with van der Waals surface area (Å²) in [6.45, 7) is 6.71. The molecule has 1 aliphatic rings. The Balaban J connectivity index is 1.76. The van der Waals surface area contributed by atoms with Crippen LogP contribution >= 0.6 is 0 Å². The van der Waals surface area contributed by atoms with Crippen molar-refractivity contribution >= 4 is 10.0 Å². The van der Waals surface area contributed by atoms with Crippen LogP contribution in [0.2, 0.25) is 0 Å². The first-order valence-electron chi connectivity index (χ1n) is 7.85. The highest BCUT2D eigenvalue weighted by Gasteiger charge is 2.34. The summed E-state index contributed by atoms with van der Waals surface area (Å²) in [5.74, 6) is -0.219. The zero-order valence-electron chi connectivity index (χ0n) is 13.6. The number of rotatable bonds is 4. The molecule has 3 nitrogen and oxygen atoms in total. The molecule has 0 amide bonds. The average molecular weight is 345 g/mol. The van der Waals surface area contributed by atoms with E-state index in [2.05, 4.69) is 6.58 Å². The summed E-state index contributed by atoms with van der Waals surface area (Å²) < 4.78 is 40.0. The molecule has 126 valence electrons. The third-order valence-corrected chi connectivity index (χ3v) is 6.26. The predicted octanol–water partition coefficient (Wildman–Crippen LogP) is 3.55. The van der Waals surface area contributed by atoms with E-state index >= 15 is 0 Å². The molecule has 1 atom stereocenters. The van der Waals surface area contributed by atoms with E-state index in [-0.39, 0.29) is 11.7 Å². The first kappa shape index (κ1) is 16.9. The molecule has 1 saturated heterocycles. The van der Waals surface area contributed by atoms with Crippen molar-refractivity contribution < 1.29 is 12.8 Å². The van der Waals surface area contributed by atoms with Crippen LogP contribution in [0.25, 0.3) is 0 Å². The molecule has 5 heteroatoms. The van der Waals surface area contributed by atoms with Crippen LogP contribution in [0.4, 0.5) is 4.39 Å². The van der Waals surface area contributed by atoms with Gasteiger partial charge >= 0.3 is 0 Å². The Morgan fingerprint density at radius 1 is 1.12 bits per heavy atom. The van der Waals surface area contributed by atoms with E-state index in [1.165, 1.54) is 16.4 Å². The molecule has 0 aromatic heterocycles. The summed E-state index contributed by atoms with van der Waals surface area (Å²) in [6, 6.07) is 13.2. The smallest absolute Gasteiger partial charge is 0.207 e. The molecular weight excluding hydrogens is 325 g/mol. The second kappa shape index (κ2) is 6.49. The number of nitrogens with zero attached hydrogens (tertiary/aromatic N) is 1. The lowest BCUT2D eigenvalue weighted by atomic mass is 9.95. The fourth-order valence-electron chi connectivity index (χ4n) is 2.95. The highest BCUT2D eigenvalue weighted by Crippen LogP contribution is 2.29. The maximum atomic E-state index is 13.0. The van der Waals surface area contributed by atoms with Gasteiger partial charge in [-0.1, -0.05) is 42.0 Å². The fraction of sp³-hybridized carbons (Fsp3) is 0.263. The van der Waals surface area contributed by atoms with Gasteiger partial charge in [0.1, 0.15) is 5.82 Å². The maximum absolute atomic E-state index is 13.0. The Morgan fingerprint density at radius 2 is 1.75 bits per heavy atom. The summed E-state index contributed by atoms with van der Waals surface area (Å²) in [4.78, 5) is 0.309. The van der Waals surface area contributed by atoms with Crippen molar-refractivity contribution in [1.82, 2.24) is 4.31 Å². The van der Waals surface area contributed by atoms with Crippen LogP contribution in [0.3, 0.4) is 0 Å². The van der Waals surface area contributed by atoms with Gasteiger partial charge in [-0.2, -0.15) is 4.31 Å². The molecular formula is C19H20FNO2S. The molecule has 0 spiro atoms. The van der Waals surface area contributed by atoms with Gasteiger partial charge in [-0.15, -0.1) is 0 Å². The monoisotopic (exact) mass is 345 g/mol. The van der Waals surface area contributed by atoms with Crippen LogP contribution in [0.1, 0.15) is 11.1 Å². The van der Waals surface area contributed by atoms with Crippen molar-refractivity contribution in [3.8, 4) is 0 Å². The van der Waals surface area contributed by atoms with Crippen molar-refractivity contribution in [1.29, 1.82) is 0 Å². The Morgan fingerprint density at radius 3 is 2.38 bits per heavy atom. The second-order valence-corrected chi connectivity index (χ2v) is 8.23. The van der Waals surface area contributed by atoms with Gasteiger partial charge in [0.15, 0.2) is 0 Å². The van der Waals surface area contributed by atoms with Gasteiger partial charge < -0.3 is 0 Å². The largest absolute Gasteiger partial charge is 0.243 e. The standard InChI is InChI=1S/C19H20FNO2S/c1-14-3-9-19(10-4-14)24(22,23)21-12-15(2)17(13-21)11-16-5-7-18(20)8-6-16/h3-10,17H,2,11-13H2,1H3. The number of aryl methyl sites for hydroxylation is 1. The Bertz CT molecular complexity index is 842. The molecule has 1 heterocycles. The average Bonchev–Trinajstić information content (AvgIpc) is 2.92. The predicted molar refractivity (Wildman–Crippen MR) is 92.7 cm³/mol.